The molecular formula is C28H26N4O3S. The first-order valence-electron chi connectivity index (χ1n) is 11.8. The molecule has 3 aromatic carbocycles. The maximum atomic E-state index is 6.69. The molecule has 2 atom stereocenters. The Bertz CT molecular complexity index is 1450. The molecule has 0 radical (unpaired) electrons. The smallest absolute Gasteiger partial charge is 0.227 e. The Balaban J connectivity index is 1.61. The van der Waals surface area contributed by atoms with Crippen LogP contribution in [0.2, 0.25) is 0 Å². The molecule has 0 amide bonds. The second-order valence-corrected chi connectivity index (χ2v) is 9.25. The number of para-hydroxylation sites is 1. The zero-order valence-corrected chi connectivity index (χ0v) is 21.1. The molecule has 36 heavy (non-hydrogen) atoms. The van der Waals surface area contributed by atoms with E-state index in [-0.39, 0.29) is 12.1 Å². The Morgan fingerprint density at radius 2 is 1.81 bits per heavy atom. The van der Waals surface area contributed by atoms with Crippen molar-refractivity contribution >= 4 is 23.4 Å². The predicted octanol–water partition coefficient (Wildman–Crippen LogP) is 5.97. The van der Waals surface area contributed by atoms with Crippen LogP contribution in [0.15, 0.2) is 83.5 Å². The molecule has 0 saturated heterocycles. The lowest BCUT2D eigenvalue weighted by Crippen LogP contribution is -2.32. The summed E-state index contributed by atoms with van der Waals surface area (Å²) < 4.78 is 20.1. The van der Waals surface area contributed by atoms with Gasteiger partial charge in [-0.3, -0.25) is 0 Å². The molecule has 4 aromatic rings. The van der Waals surface area contributed by atoms with Gasteiger partial charge in [-0.1, -0.05) is 60.3 Å². The van der Waals surface area contributed by atoms with Crippen LogP contribution in [0.3, 0.4) is 0 Å². The highest BCUT2D eigenvalue weighted by atomic mass is 32.2. The first-order valence-corrected chi connectivity index (χ1v) is 13.1. The Hall–Kier alpha value is -3.91. The van der Waals surface area contributed by atoms with Crippen LogP contribution in [0, 0.1) is 0 Å². The van der Waals surface area contributed by atoms with Crippen molar-refractivity contribution in [2.45, 2.75) is 24.2 Å². The molecule has 2 aliphatic rings. The minimum Gasteiger partial charge on any atom is -0.493 e. The number of methoxy groups -OCH3 is 1. The van der Waals surface area contributed by atoms with E-state index in [0.29, 0.717) is 29.2 Å². The van der Waals surface area contributed by atoms with Crippen molar-refractivity contribution in [3.63, 3.8) is 0 Å². The van der Waals surface area contributed by atoms with E-state index in [9.17, 15) is 0 Å². The second kappa shape index (κ2) is 9.28. The molecule has 3 heterocycles. The number of ether oxygens (including phenoxy) is 3. The largest absolute Gasteiger partial charge is 0.493 e. The highest BCUT2D eigenvalue weighted by molar-refractivity contribution is 7.98. The predicted molar refractivity (Wildman–Crippen MR) is 141 cm³/mol. The third-order valence-electron chi connectivity index (χ3n) is 6.45. The van der Waals surface area contributed by atoms with E-state index in [0.717, 1.165) is 33.7 Å². The average molecular weight is 499 g/mol. The minimum absolute atomic E-state index is 0.271. The normalized spacial score (nSPS) is 17.9. The molecule has 0 saturated carbocycles. The molecule has 182 valence electrons. The topological polar surface area (TPSA) is 70.4 Å². The summed E-state index contributed by atoms with van der Waals surface area (Å²) in [6.07, 6.45) is 1.66. The van der Waals surface area contributed by atoms with E-state index in [2.05, 4.69) is 29.6 Å². The summed E-state index contributed by atoms with van der Waals surface area (Å²) in [5.41, 5.74) is 5.14. The fraction of sp³-hybridized carbons (Fsp3) is 0.214. The monoisotopic (exact) mass is 498 g/mol. The van der Waals surface area contributed by atoms with Crippen LogP contribution in [-0.4, -0.2) is 34.7 Å². The summed E-state index contributed by atoms with van der Waals surface area (Å²) in [4.78, 5) is 4.77. The van der Waals surface area contributed by atoms with Gasteiger partial charge in [-0.2, -0.15) is 4.98 Å². The lowest BCUT2D eigenvalue weighted by Gasteiger charge is -2.39. The molecule has 0 bridgehead atoms. The van der Waals surface area contributed by atoms with Crippen molar-refractivity contribution in [3.05, 3.63) is 95.1 Å². The molecular weight excluding hydrogens is 472 g/mol. The van der Waals surface area contributed by atoms with Gasteiger partial charge in [-0.15, -0.1) is 5.10 Å². The fourth-order valence-electron chi connectivity index (χ4n) is 4.90. The van der Waals surface area contributed by atoms with E-state index in [1.54, 1.807) is 7.11 Å². The van der Waals surface area contributed by atoms with Crippen LogP contribution in [0.25, 0.3) is 5.70 Å². The van der Waals surface area contributed by atoms with Crippen LogP contribution < -0.4 is 19.5 Å². The van der Waals surface area contributed by atoms with Crippen molar-refractivity contribution in [2.75, 3.05) is 25.3 Å². The third kappa shape index (κ3) is 3.69. The standard InChI is InChI=1S/C28H26N4O3S/c1-4-34-21-15-14-18(16-22(21)33-2)25-23-24(29-27-30-28(36-3)31-32(25)27)19-12-8-9-13-20(19)35-26(23)17-10-6-5-7-11-17/h5-16,25-26H,4H2,1-3H3,(H,29,30,31)/t25-,26-/m0/s1. The number of anilines is 1. The maximum Gasteiger partial charge on any atom is 0.227 e. The van der Waals surface area contributed by atoms with Crippen LogP contribution in [0.5, 0.6) is 17.2 Å². The summed E-state index contributed by atoms with van der Waals surface area (Å²) in [5, 5.41) is 9.15. The number of nitrogens with one attached hydrogen (secondary N) is 1. The van der Waals surface area contributed by atoms with Gasteiger partial charge in [-0.05, 0) is 48.6 Å². The van der Waals surface area contributed by atoms with Gasteiger partial charge in [0.25, 0.3) is 0 Å². The van der Waals surface area contributed by atoms with Crippen LogP contribution >= 0.6 is 11.8 Å². The van der Waals surface area contributed by atoms with Crippen molar-refractivity contribution in [1.82, 2.24) is 14.8 Å². The Labute approximate surface area is 214 Å². The minimum atomic E-state index is -0.318. The van der Waals surface area contributed by atoms with Crippen molar-refractivity contribution < 1.29 is 14.2 Å². The fourth-order valence-corrected chi connectivity index (χ4v) is 5.24. The van der Waals surface area contributed by atoms with E-state index < -0.39 is 0 Å². The van der Waals surface area contributed by atoms with E-state index >= 15 is 0 Å². The molecule has 0 fully saturated rings. The molecule has 2 aliphatic heterocycles. The van der Waals surface area contributed by atoms with Gasteiger partial charge in [-0.25, -0.2) is 4.68 Å². The molecule has 7 nitrogen and oxygen atoms in total. The van der Waals surface area contributed by atoms with Gasteiger partial charge >= 0.3 is 0 Å². The highest BCUT2D eigenvalue weighted by Crippen LogP contribution is 2.51. The highest BCUT2D eigenvalue weighted by Gasteiger charge is 2.41. The quantitative estimate of drug-likeness (QED) is 0.329. The number of benzene rings is 3. The number of nitrogens with zero attached hydrogens (tertiary/aromatic N) is 3. The lowest BCUT2D eigenvalue weighted by atomic mass is 9.84. The van der Waals surface area contributed by atoms with E-state index in [1.165, 1.54) is 11.8 Å². The van der Waals surface area contributed by atoms with Gasteiger partial charge in [0.2, 0.25) is 11.1 Å². The van der Waals surface area contributed by atoms with Gasteiger partial charge in [0.05, 0.1) is 19.4 Å². The van der Waals surface area contributed by atoms with Crippen molar-refractivity contribution in [3.8, 4) is 17.2 Å². The number of aromatic nitrogens is 3. The van der Waals surface area contributed by atoms with E-state index in [1.807, 2.05) is 66.4 Å². The second-order valence-electron chi connectivity index (χ2n) is 8.47. The van der Waals surface area contributed by atoms with Crippen LogP contribution in [-0.2, 0) is 0 Å². The summed E-state index contributed by atoms with van der Waals surface area (Å²) >= 11 is 1.51. The summed E-state index contributed by atoms with van der Waals surface area (Å²) in [5.74, 6) is 2.91. The number of fused-ring (bicyclic) bond motifs is 3. The Morgan fingerprint density at radius 3 is 2.58 bits per heavy atom. The SMILES string of the molecule is CCOc1ccc([C@H]2C3=C(Nc4nc(SC)nn42)c2ccccc2O[C@H]3c2ccccc2)cc1OC. The number of hydrogen-bond acceptors (Lipinski definition) is 7. The van der Waals surface area contributed by atoms with Crippen LogP contribution in [0.1, 0.15) is 35.8 Å². The number of rotatable bonds is 6. The van der Waals surface area contributed by atoms with Crippen molar-refractivity contribution in [2.24, 2.45) is 0 Å². The number of hydrogen-bond donors (Lipinski definition) is 1. The average Bonchev–Trinajstić information content (AvgIpc) is 3.35. The Kier molecular flexibility index (Phi) is 5.81. The molecule has 0 unspecified atom stereocenters. The summed E-state index contributed by atoms with van der Waals surface area (Å²) in [6, 6.07) is 24.2. The summed E-state index contributed by atoms with van der Waals surface area (Å²) in [6.45, 7) is 2.52. The first kappa shape index (κ1) is 22.5. The molecule has 6 rings (SSSR count). The van der Waals surface area contributed by atoms with Gasteiger partial charge in [0, 0.05) is 11.1 Å². The zero-order chi connectivity index (χ0) is 24.6. The third-order valence-corrected chi connectivity index (χ3v) is 6.99. The molecule has 1 N–H and O–H groups in total. The Morgan fingerprint density at radius 1 is 1.00 bits per heavy atom. The molecule has 1 aromatic heterocycles. The molecule has 8 heteroatoms. The maximum absolute atomic E-state index is 6.69. The van der Waals surface area contributed by atoms with Crippen LogP contribution in [0.4, 0.5) is 5.95 Å². The molecule has 0 spiro atoms. The van der Waals surface area contributed by atoms with Gasteiger partial charge in [0.15, 0.2) is 11.5 Å². The van der Waals surface area contributed by atoms with E-state index in [4.69, 9.17) is 24.3 Å². The lowest BCUT2D eigenvalue weighted by molar-refractivity contribution is 0.223. The van der Waals surface area contributed by atoms with Gasteiger partial charge in [0.1, 0.15) is 17.9 Å². The van der Waals surface area contributed by atoms with Crippen molar-refractivity contribution in [1.29, 1.82) is 0 Å². The zero-order valence-electron chi connectivity index (χ0n) is 20.3. The molecule has 0 aliphatic carbocycles. The van der Waals surface area contributed by atoms with Gasteiger partial charge < -0.3 is 19.5 Å². The summed E-state index contributed by atoms with van der Waals surface area (Å²) in [7, 11) is 1.66. The first-order chi connectivity index (χ1) is 17.7. The number of thioether (sulfide) groups is 1.